The van der Waals surface area contributed by atoms with Gasteiger partial charge in [0.15, 0.2) is 0 Å². The monoisotopic (exact) mass is 403 g/mol. The van der Waals surface area contributed by atoms with Crippen LogP contribution in [0.3, 0.4) is 0 Å². The van der Waals surface area contributed by atoms with Crippen LogP contribution in [0.1, 0.15) is 16.7 Å². The Morgan fingerprint density at radius 2 is 1.54 bits per heavy atom. The number of benzene rings is 2. The molecule has 2 aromatic rings. The molecule has 1 heterocycles. The number of nitrogens with zero attached hydrogens (tertiary/aromatic N) is 2. The fourth-order valence-corrected chi connectivity index (χ4v) is 4.31. The van der Waals surface area contributed by atoms with Crippen molar-refractivity contribution in [2.75, 3.05) is 45.2 Å². The van der Waals surface area contributed by atoms with Gasteiger partial charge in [0.25, 0.3) is 0 Å². The predicted molar refractivity (Wildman–Crippen MR) is 121 cm³/mol. The molecule has 154 valence electrons. The van der Waals surface area contributed by atoms with Crippen molar-refractivity contribution >= 4 is 30.1 Å². The summed E-state index contributed by atoms with van der Waals surface area (Å²) >= 11 is 1.89. The van der Waals surface area contributed by atoms with Crippen LogP contribution in [0.2, 0.25) is 0 Å². The van der Waals surface area contributed by atoms with E-state index in [1.54, 1.807) is 0 Å². The molecule has 0 aromatic heterocycles. The van der Waals surface area contributed by atoms with E-state index in [1.165, 1.54) is 33.0 Å². The third kappa shape index (κ3) is 6.95. The minimum atomic E-state index is 1.00. The molecule has 6 heteroatoms. The Labute approximate surface area is 173 Å². The van der Waals surface area contributed by atoms with Crippen molar-refractivity contribution in [3.05, 3.63) is 53.1 Å². The molecule has 0 unspecified atom stereocenters. The lowest BCUT2D eigenvalue weighted by Crippen LogP contribution is -2.39. The molecule has 5 nitrogen and oxygen atoms in total. The van der Waals surface area contributed by atoms with Gasteiger partial charge in [0.05, 0.1) is 5.69 Å². The molecule has 3 rings (SSSR count). The van der Waals surface area contributed by atoms with Gasteiger partial charge in [0.2, 0.25) is 0 Å². The number of carbonyl (C=O) groups is 1. The number of aliphatic hydroxyl groups is 1. The van der Waals surface area contributed by atoms with Crippen molar-refractivity contribution in [1.82, 2.24) is 9.62 Å². The van der Waals surface area contributed by atoms with Gasteiger partial charge < -0.3 is 20.1 Å². The first kappa shape index (κ1) is 24.2. The molecule has 1 aliphatic heterocycles. The zero-order valence-electron chi connectivity index (χ0n) is 17.7. The lowest BCUT2D eigenvalue weighted by atomic mass is 10.1. The standard InChI is InChI=1S/C20H27N3S.CH4O.CH2O/c1-15-5-6-19(20(14-15)24-23-9-7-21-8-10-23)22(4)18-12-16(2)11-17(3)13-18;2*1-2/h5-6,11-14,21H,7-10H2,1-4H3;2H,1H3;1H2. The second-order valence-electron chi connectivity index (χ2n) is 6.65. The number of hydrogen-bond acceptors (Lipinski definition) is 6. The fraction of sp³-hybridized carbons (Fsp3) is 0.409. The molecule has 2 aromatic carbocycles. The second kappa shape index (κ2) is 12.6. The van der Waals surface area contributed by atoms with Gasteiger partial charge in [-0.3, -0.25) is 0 Å². The maximum atomic E-state index is 8.00. The van der Waals surface area contributed by atoms with Crippen molar-refractivity contribution in [3.63, 3.8) is 0 Å². The summed E-state index contributed by atoms with van der Waals surface area (Å²) in [6.07, 6.45) is 0. The number of anilines is 2. The Morgan fingerprint density at radius 1 is 0.964 bits per heavy atom. The maximum absolute atomic E-state index is 8.00. The van der Waals surface area contributed by atoms with Gasteiger partial charge >= 0.3 is 0 Å². The topological polar surface area (TPSA) is 55.8 Å². The third-order valence-electron chi connectivity index (χ3n) is 4.37. The molecule has 0 spiro atoms. The largest absolute Gasteiger partial charge is 0.400 e. The molecule has 1 aliphatic rings. The second-order valence-corrected chi connectivity index (χ2v) is 7.79. The van der Waals surface area contributed by atoms with E-state index >= 15 is 0 Å². The highest BCUT2D eigenvalue weighted by molar-refractivity contribution is 7.97. The normalized spacial score (nSPS) is 13.6. The number of rotatable bonds is 4. The van der Waals surface area contributed by atoms with Crippen molar-refractivity contribution in [3.8, 4) is 0 Å². The smallest absolute Gasteiger partial charge is 0.106 e. The molecule has 1 fully saturated rings. The van der Waals surface area contributed by atoms with Crippen LogP contribution in [0.4, 0.5) is 11.4 Å². The summed E-state index contributed by atoms with van der Waals surface area (Å²) in [6, 6.07) is 13.5. The minimum absolute atomic E-state index is 1.00. The Balaban J connectivity index is 0.000000921. The van der Waals surface area contributed by atoms with Gasteiger partial charge in [-0.2, -0.15) is 0 Å². The minimum Gasteiger partial charge on any atom is -0.400 e. The van der Waals surface area contributed by atoms with E-state index in [-0.39, 0.29) is 0 Å². The van der Waals surface area contributed by atoms with Gasteiger partial charge in [-0.15, -0.1) is 0 Å². The Kier molecular flexibility index (Phi) is 10.9. The van der Waals surface area contributed by atoms with E-state index in [4.69, 9.17) is 9.90 Å². The Morgan fingerprint density at radius 3 is 2.11 bits per heavy atom. The predicted octanol–water partition coefficient (Wildman–Crippen LogP) is 3.72. The SMILES string of the molecule is C=O.CO.Cc1cc(C)cc(N(C)c2ccc(C)cc2SN2CCNCC2)c1. The molecule has 1 saturated heterocycles. The highest BCUT2D eigenvalue weighted by Crippen LogP contribution is 2.36. The molecule has 0 amide bonds. The fourth-order valence-electron chi connectivity index (χ4n) is 3.13. The van der Waals surface area contributed by atoms with E-state index in [0.29, 0.717) is 0 Å². The number of aryl methyl sites for hydroxylation is 3. The number of nitrogens with one attached hydrogen (secondary N) is 1. The summed E-state index contributed by atoms with van der Waals surface area (Å²) in [5.74, 6) is 0. The van der Waals surface area contributed by atoms with Gasteiger partial charge in [-0.1, -0.05) is 12.1 Å². The zero-order chi connectivity index (χ0) is 21.1. The van der Waals surface area contributed by atoms with Crippen LogP contribution in [0, 0.1) is 20.8 Å². The van der Waals surface area contributed by atoms with Crippen LogP contribution >= 0.6 is 11.9 Å². The zero-order valence-corrected chi connectivity index (χ0v) is 18.5. The average molecular weight is 404 g/mol. The maximum Gasteiger partial charge on any atom is 0.106 e. The van der Waals surface area contributed by atoms with Gasteiger partial charge in [-0.05, 0) is 73.7 Å². The highest BCUT2D eigenvalue weighted by Gasteiger charge is 2.16. The number of aliphatic hydroxyl groups excluding tert-OH is 1. The Hall–Kier alpha value is -1.86. The Bertz CT molecular complexity index is 713. The molecule has 0 aliphatic carbocycles. The molecular formula is C22H33N3O2S. The van der Waals surface area contributed by atoms with Crippen molar-refractivity contribution in [2.45, 2.75) is 25.7 Å². The lowest BCUT2D eigenvalue weighted by molar-refractivity contribution is -0.0979. The van der Waals surface area contributed by atoms with E-state index < -0.39 is 0 Å². The van der Waals surface area contributed by atoms with E-state index in [9.17, 15) is 0 Å². The third-order valence-corrected chi connectivity index (χ3v) is 5.52. The number of carbonyl (C=O) groups excluding carboxylic acids is 1. The number of hydrogen-bond donors (Lipinski definition) is 2. The molecule has 2 N–H and O–H groups in total. The molecule has 0 saturated carbocycles. The molecule has 0 radical (unpaired) electrons. The average Bonchev–Trinajstić information content (AvgIpc) is 2.71. The van der Waals surface area contributed by atoms with E-state index in [1.807, 2.05) is 18.7 Å². The summed E-state index contributed by atoms with van der Waals surface area (Å²) in [5.41, 5.74) is 6.44. The lowest BCUT2D eigenvalue weighted by Gasteiger charge is -2.29. The highest BCUT2D eigenvalue weighted by atomic mass is 32.2. The van der Waals surface area contributed by atoms with Gasteiger partial charge in [0.1, 0.15) is 6.79 Å². The molecule has 0 bridgehead atoms. The van der Waals surface area contributed by atoms with Crippen LogP contribution in [0.5, 0.6) is 0 Å². The molecular weight excluding hydrogens is 370 g/mol. The first-order valence-corrected chi connectivity index (χ1v) is 10.1. The first-order valence-electron chi connectivity index (χ1n) is 9.33. The summed E-state index contributed by atoms with van der Waals surface area (Å²) in [5, 5.41) is 10.4. The van der Waals surface area contributed by atoms with Crippen molar-refractivity contribution in [2.24, 2.45) is 0 Å². The van der Waals surface area contributed by atoms with Crippen LogP contribution in [0.15, 0.2) is 41.3 Å². The van der Waals surface area contributed by atoms with E-state index in [2.05, 4.69) is 78.7 Å². The number of piperazine rings is 1. The molecule has 28 heavy (non-hydrogen) atoms. The van der Waals surface area contributed by atoms with E-state index in [0.717, 1.165) is 33.3 Å². The van der Waals surface area contributed by atoms with Gasteiger partial charge in [-0.25, -0.2) is 4.31 Å². The van der Waals surface area contributed by atoms with Gasteiger partial charge in [0, 0.05) is 50.9 Å². The summed E-state index contributed by atoms with van der Waals surface area (Å²) in [7, 11) is 3.17. The van der Waals surface area contributed by atoms with Crippen LogP contribution in [-0.2, 0) is 4.79 Å². The van der Waals surface area contributed by atoms with Crippen molar-refractivity contribution in [1.29, 1.82) is 0 Å². The quantitative estimate of drug-likeness (QED) is 0.759. The first-order chi connectivity index (χ1) is 13.5. The van der Waals surface area contributed by atoms with Crippen LogP contribution in [-0.4, -0.2) is 56.5 Å². The summed E-state index contributed by atoms with van der Waals surface area (Å²) < 4.78 is 2.46. The van der Waals surface area contributed by atoms with Crippen LogP contribution < -0.4 is 10.2 Å². The summed E-state index contributed by atoms with van der Waals surface area (Å²) in [4.78, 5) is 11.6. The molecule has 0 atom stereocenters. The van der Waals surface area contributed by atoms with Crippen LogP contribution in [0.25, 0.3) is 0 Å². The summed E-state index contributed by atoms with van der Waals surface area (Å²) in [6.45, 7) is 12.8. The van der Waals surface area contributed by atoms with Crippen molar-refractivity contribution < 1.29 is 9.90 Å².